The topological polar surface area (TPSA) is 66.8 Å². The molecule has 4 heterocycles. The average molecular weight is 366 g/mol. The quantitative estimate of drug-likeness (QED) is 0.720. The second-order valence-electron chi connectivity index (χ2n) is 6.65. The highest BCUT2D eigenvalue weighted by Gasteiger charge is 2.21. The summed E-state index contributed by atoms with van der Waals surface area (Å²) in [5.74, 6) is 2.23. The van der Waals surface area contributed by atoms with E-state index in [1.165, 1.54) is 24.3 Å². The number of rotatable bonds is 6. The van der Waals surface area contributed by atoms with Crippen molar-refractivity contribution in [2.24, 2.45) is 5.92 Å². The Balaban J connectivity index is 1.36. The Bertz CT molecular complexity index is 808. The van der Waals surface area contributed by atoms with Crippen LogP contribution in [-0.4, -0.2) is 37.9 Å². The van der Waals surface area contributed by atoms with Crippen molar-refractivity contribution in [2.45, 2.75) is 25.8 Å². The number of pyridine rings is 1. The maximum atomic E-state index is 4.48. The van der Waals surface area contributed by atoms with Crippen molar-refractivity contribution in [1.82, 2.24) is 24.8 Å². The first-order chi connectivity index (χ1) is 12.8. The van der Waals surface area contributed by atoms with E-state index in [-0.39, 0.29) is 0 Å². The molecule has 1 saturated heterocycles. The molecule has 6 nitrogen and oxygen atoms in total. The molecule has 0 spiro atoms. The number of likely N-dealkylation sites (tertiary alicyclic amines) is 1. The van der Waals surface area contributed by atoms with Crippen LogP contribution in [0.4, 0.5) is 11.6 Å². The van der Waals surface area contributed by atoms with E-state index in [4.69, 9.17) is 0 Å². The fraction of sp³-hybridized carbons (Fsp3) is 0.368. The van der Waals surface area contributed by atoms with E-state index in [9.17, 15) is 0 Å². The first-order valence-electron chi connectivity index (χ1n) is 8.94. The molecule has 0 aliphatic carbocycles. The van der Waals surface area contributed by atoms with Gasteiger partial charge in [-0.1, -0.05) is 6.07 Å². The molecule has 3 aromatic heterocycles. The molecule has 1 aliphatic heterocycles. The fourth-order valence-electron chi connectivity index (χ4n) is 3.44. The van der Waals surface area contributed by atoms with Crippen LogP contribution in [-0.2, 0) is 13.0 Å². The Morgan fingerprint density at radius 1 is 1.19 bits per heavy atom. The number of nitrogens with one attached hydrogen (secondary N) is 1. The summed E-state index contributed by atoms with van der Waals surface area (Å²) in [6.45, 7) is 3.30. The maximum absolute atomic E-state index is 4.48. The van der Waals surface area contributed by atoms with E-state index >= 15 is 0 Å². The van der Waals surface area contributed by atoms with Crippen LogP contribution in [0.15, 0.2) is 48.5 Å². The number of hydrogen-bond donors (Lipinski definition) is 1. The van der Waals surface area contributed by atoms with E-state index in [2.05, 4.69) is 30.2 Å². The number of aromatic nitrogens is 4. The monoisotopic (exact) mass is 366 g/mol. The van der Waals surface area contributed by atoms with Gasteiger partial charge in [0.25, 0.3) is 0 Å². The average Bonchev–Trinajstić information content (AvgIpc) is 3.16. The lowest BCUT2D eigenvalue weighted by atomic mass is 9.93. The van der Waals surface area contributed by atoms with Gasteiger partial charge in [0.2, 0.25) is 0 Å². The molecule has 1 fully saturated rings. The number of anilines is 2. The van der Waals surface area contributed by atoms with E-state index in [0.29, 0.717) is 5.92 Å². The highest BCUT2D eigenvalue weighted by Crippen LogP contribution is 2.23. The Kier molecular flexibility index (Phi) is 5.47. The summed E-state index contributed by atoms with van der Waals surface area (Å²) in [7, 11) is 0. The van der Waals surface area contributed by atoms with Crippen LogP contribution in [0.2, 0.25) is 0 Å². The minimum Gasteiger partial charge on any atom is -0.325 e. The van der Waals surface area contributed by atoms with E-state index in [1.54, 1.807) is 23.9 Å². The lowest BCUT2D eigenvalue weighted by Gasteiger charge is -2.32. The lowest BCUT2D eigenvalue weighted by molar-refractivity contribution is 0.167. The Morgan fingerprint density at radius 2 is 2.19 bits per heavy atom. The molecule has 4 rings (SSSR count). The summed E-state index contributed by atoms with van der Waals surface area (Å²) < 4.78 is 0. The number of hydrogen-bond acceptors (Lipinski definition) is 7. The standard InChI is InChI=1S/C19H22N6S/c1-2-6-21-18(5-1)24-19-9-16(22-13-23-19)8-15-4-3-7-25(11-15)12-17-10-20-14-26-17/h1-2,5-6,9-10,13-15H,3-4,7-8,11-12H2,(H,21,22,23,24)/t15-/m0/s1. The van der Waals surface area contributed by atoms with Gasteiger partial charge < -0.3 is 5.32 Å². The van der Waals surface area contributed by atoms with Crippen LogP contribution < -0.4 is 5.32 Å². The lowest BCUT2D eigenvalue weighted by Crippen LogP contribution is -2.35. The largest absolute Gasteiger partial charge is 0.325 e. The molecule has 26 heavy (non-hydrogen) atoms. The van der Waals surface area contributed by atoms with E-state index in [0.717, 1.165) is 36.8 Å². The first-order valence-corrected chi connectivity index (χ1v) is 9.82. The summed E-state index contributed by atoms with van der Waals surface area (Å²) in [6.07, 6.45) is 8.87. The minimum absolute atomic E-state index is 0.634. The summed E-state index contributed by atoms with van der Waals surface area (Å²) in [4.78, 5) is 21.1. The molecule has 1 aliphatic rings. The van der Waals surface area contributed by atoms with Gasteiger partial charge in [0, 0.05) is 42.1 Å². The summed E-state index contributed by atoms with van der Waals surface area (Å²) in [6, 6.07) is 7.83. The van der Waals surface area contributed by atoms with Crippen molar-refractivity contribution in [2.75, 3.05) is 18.4 Å². The second kappa shape index (κ2) is 8.33. The van der Waals surface area contributed by atoms with Crippen LogP contribution in [0.25, 0.3) is 0 Å². The van der Waals surface area contributed by atoms with E-state index in [1.807, 2.05) is 36.0 Å². The van der Waals surface area contributed by atoms with Crippen molar-refractivity contribution in [3.63, 3.8) is 0 Å². The molecular formula is C19H22N6S. The van der Waals surface area contributed by atoms with Gasteiger partial charge in [-0.2, -0.15) is 0 Å². The smallest absolute Gasteiger partial charge is 0.135 e. The van der Waals surface area contributed by atoms with Gasteiger partial charge in [0.15, 0.2) is 0 Å². The Morgan fingerprint density at radius 3 is 3.04 bits per heavy atom. The van der Waals surface area contributed by atoms with Crippen molar-refractivity contribution in [3.8, 4) is 0 Å². The van der Waals surface area contributed by atoms with Gasteiger partial charge in [-0.3, -0.25) is 9.88 Å². The van der Waals surface area contributed by atoms with Crippen LogP contribution in [0.3, 0.4) is 0 Å². The zero-order valence-corrected chi connectivity index (χ0v) is 15.4. The van der Waals surface area contributed by atoms with Gasteiger partial charge in [0.05, 0.1) is 5.51 Å². The zero-order valence-electron chi connectivity index (χ0n) is 14.6. The molecule has 1 N–H and O–H groups in total. The third-order valence-corrected chi connectivity index (χ3v) is 5.37. The van der Waals surface area contributed by atoms with Crippen molar-refractivity contribution in [3.05, 3.63) is 59.1 Å². The number of thiazole rings is 1. The van der Waals surface area contributed by atoms with Gasteiger partial charge in [-0.25, -0.2) is 15.0 Å². The molecule has 0 unspecified atom stereocenters. The molecule has 0 radical (unpaired) electrons. The third-order valence-electron chi connectivity index (χ3n) is 4.61. The molecule has 0 aromatic carbocycles. The molecule has 1 atom stereocenters. The van der Waals surface area contributed by atoms with Crippen LogP contribution in [0.1, 0.15) is 23.4 Å². The van der Waals surface area contributed by atoms with Gasteiger partial charge >= 0.3 is 0 Å². The first kappa shape index (κ1) is 17.1. The molecule has 3 aromatic rings. The molecule has 0 saturated carbocycles. The maximum Gasteiger partial charge on any atom is 0.135 e. The van der Waals surface area contributed by atoms with Crippen LogP contribution >= 0.6 is 11.3 Å². The molecule has 0 bridgehead atoms. The SMILES string of the molecule is c1ccc(Nc2cc(C[C@@H]3CCCN(Cc4cncs4)C3)ncn2)nc1. The van der Waals surface area contributed by atoms with Crippen molar-refractivity contribution in [1.29, 1.82) is 0 Å². The highest BCUT2D eigenvalue weighted by atomic mass is 32.1. The molecular weight excluding hydrogens is 344 g/mol. The summed E-state index contributed by atoms with van der Waals surface area (Å²) in [5, 5.41) is 3.24. The van der Waals surface area contributed by atoms with Gasteiger partial charge in [-0.15, -0.1) is 11.3 Å². The minimum atomic E-state index is 0.634. The van der Waals surface area contributed by atoms with Crippen LogP contribution in [0.5, 0.6) is 0 Å². The molecule has 134 valence electrons. The Labute approximate surface area is 157 Å². The Hall–Kier alpha value is -2.38. The predicted molar refractivity (Wildman–Crippen MR) is 103 cm³/mol. The van der Waals surface area contributed by atoms with Gasteiger partial charge in [-0.05, 0) is 43.9 Å². The van der Waals surface area contributed by atoms with Gasteiger partial charge in [0.1, 0.15) is 18.0 Å². The van der Waals surface area contributed by atoms with Crippen molar-refractivity contribution >= 4 is 23.0 Å². The predicted octanol–water partition coefficient (Wildman–Crippen LogP) is 3.53. The highest BCUT2D eigenvalue weighted by molar-refractivity contribution is 7.09. The van der Waals surface area contributed by atoms with E-state index < -0.39 is 0 Å². The van der Waals surface area contributed by atoms with Crippen molar-refractivity contribution < 1.29 is 0 Å². The number of piperidine rings is 1. The number of nitrogens with zero attached hydrogens (tertiary/aromatic N) is 5. The molecule has 0 amide bonds. The fourth-order valence-corrected chi connectivity index (χ4v) is 4.08. The van der Waals surface area contributed by atoms with Crippen LogP contribution in [0, 0.1) is 5.92 Å². The third kappa shape index (κ3) is 4.62. The second-order valence-corrected chi connectivity index (χ2v) is 7.62. The normalized spacial score (nSPS) is 17.9. The summed E-state index contributed by atoms with van der Waals surface area (Å²) >= 11 is 1.74. The summed E-state index contributed by atoms with van der Waals surface area (Å²) in [5.41, 5.74) is 3.00. The molecule has 7 heteroatoms. The zero-order chi connectivity index (χ0) is 17.6.